The van der Waals surface area contributed by atoms with E-state index in [4.69, 9.17) is 5.11 Å². The highest BCUT2D eigenvalue weighted by Gasteiger charge is 2.36. The van der Waals surface area contributed by atoms with Gasteiger partial charge in [0.15, 0.2) is 0 Å². The summed E-state index contributed by atoms with van der Waals surface area (Å²) in [5.41, 5.74) is 2.87. The maximum atomic E-state index is 11.0. The van der Waals surface area contributed by atoms with Gasteiger partial charge < -0.3 is 15.3 Å². The molecule has 2 aromatic rings. The van der Waals surface area contributed by atoms with Crippen LogP contribution in [0.25, 0.3) is 0 Å². The third-order valence-electron chi connectivity index (χ3n) is 7.58. The van der Waals surface area contributed by atoms with Gasteiger partial charge in [0, 0.05) is 12.6 Å². The Balaban J connectivity index is 1.25. The second-order valence-electron chi connectivity index (χ2n) is 9.84. The highest BCUT2D eigenvalue weighted by Crippen LogP contribution is 2.40. The Hall–Kier alpha value is -2.17. The number of carboxylic acids is 1. The zero-order valence-electron chi connectivity index (χ0n) is 19.2. The maximum absolute atomic E-state index is 11.0. The van der Waals surface area contributed by atoms with Crippen LogP contribution in [0.5, 0.6) is 0 Å². The molecule has 0 radical (unpaired) electrons. The van der Waals surface area contributed by atoms with Gasteiger partial charge >= 0.3 is 5.97 Å². The summed E-state index contributed by atoms with van der Waals surface area (Å²) < 4.78 is 0. The molecule has 4 heteroatoms. The number of likely N-dealkylation sites (tertiary alicyclic amines) is 1. The molecule has 2 N–H and O–H groups in total. The third-order valence-corrected chi connectivity index (χ3v) is 7.58. The van der Waals surface area contributed by atoms with Crippen LogP contribution >= 0.6 is 0 Å². The Bertz CT molecular complexity index is 818. The van der Waals surface area contributed by atoms with Crippen LogP contribution in [0.1, 0.15) is 55.6 Å². The molecule has 32 heavy (non-hydrogen) atoms. The average Bonchev–Trinajstić information content (AvgIpc) is 3.23. The van der Waals surface area contributed by atoms with Gasteiger partial charge in [-0.1, -0.05) is 67.1 Å². The summed E-state index contributed by atoms with van der Waals surface area (Å²) in [6.45, 7) is 3.62. The zero-order chi connectivity index (χ0) is 22.2. The number of hydrogen-bond donors (Lipinski definition) is 2. The second-order valence-corrected chi connectivity index (χ2v) is 9.84. The monoisotopic (exact) mass is 434 g/mol. The van der Waals surface area contributed by atoms with Crippen molar-refractivity contribution in [2.75, 3.05) is 26.2 Å². The predicted molar refractivity (Wildman–Crippen MR) is 130 cm³/mol. The van der Waals surface area contributed by atoms with Crippen LogP contribution in [0.4, 0.5) is 0 Å². The van der Waals surface area contributed by atoms with E-state index in [1.54, 1.807) is 0 Å². The summed E-state index contributed by atoms with van der Waals surface area (Å²) in [5, 5.41) is 12.3. The van der Waals surface area contributed by atoms with Crippen LogP contribution in [-0.2, 0) is 11.2 Å². The molecule has 0 amide bonds. The van der Waals surface area contributed by atoms with E-state index < -0.39 is 5.97 Å². The minimum atomic E-state index is -0.765. The first-order chi connectivity index (χ1) is 15.7. The number of nitrogens with zero attached hydrogens (tertiary/aromatic N) is 1. The molecule has 3 atom stereocenters. The van der Waals surface area contributed by atoms with Crippen molar-refractivity contribution in [1.29, 1.82) is 0 Å². The predicted octanol–water partition coefficient (Wildman–Crippen LogP) is 4.96. The van der Waals surface area contributed by atoms with Crippen molar-refractivity contribution in [2.45, 2.75) is 56.9 Å². The molecule has 3 unspecified atom stereocenters. The molecular formula is C28H38N2O2. The number of aliphatic carboxylic acids is 1. The molecule has 1 aliphatic carbocycles. The van der Waals surface area contributed by atoms with Crippen LogP contribution < -0.4 is 5.32 Å². The average molecular weight is 435 g/mol. The number of carbonyl (C=O) groups is 1. The summed E-state index contributed by atoms with van der Waals surface area (Å²) in [4.78, 5) is 13.7. The number of aryl methyl sites for hydroxylation is 1. The highest BCUT2D eigenvalue weighted by molar-refractivity contribution is 5.69. The summed E-state index contributed by atoms with van der Waals surface area (Å²) in [6, 6.07) is 22.0. The molecule has 1 aliphatic heterocycles. The van der Waals surface area contributed by atoms with Crippen LogP contribution in [0.3, 0.4) is 0 Å². The highest BCUT2D eigenvalue weighted by atomic mass is 16.4. The van der Waals surface area contributed by atoms with Crippen LogP contribution in [-0.4, -0.2) is 48.2 Å². The first-order valence-electron chi connectivity index (χ1n) is 12.4. The Morgan fingerprint density at radius 2 is 1.66 bits per heavy atom. The van der Waals surface area contributed by atoms with Crippen LogP contribution in [0.2, 0.25) is 0 Å². The molecule has 0 spiro atoms. The fourth-order valence-electron chi connectivity index (χ4n) is 5.86. The fourth-order valence-corrected chi connectivity index (χ4v) is 5.86. The van der Waals surface area contributed by atoms with E-state index >= 15 is 0 Å². The van der Waals surface area contributed by atoms with Gasteiger partial charge in [-0.15, -0.1) is 0 Å². The number of rotatable bonds is 10. The lowest BCUT2D eigenvalue weighted by molar-refractivity contribution is -0.136. The standard InChI is InChI=1S/C28H38N2O2/c31-28(32)20-29-26-18-25(27(19-26)24-12-5-2-6-13-24)21-30-16-14-23(15-17-30)11-7-10-22-8-3-1-4-9-22/h1-6,8-9,12-13,23,25-27,29H,7,10-11,14-21H2,(H,31,32). The van der Waals surface area contributed by atoms with Gasteiger partial charge in [0.2, 0.25) is 0 Å². The van der Waals surface area contributed by atoms with Gasteiger partial charge in [-0.3, -0.25) is 4.79 Å². The first kappa shape index (κ1) is 23.0. The summed E-state index contributed by atoms with van der Waals surface area (Å²) in [6.07, 6.45) is 8.59. The molecule has 1 saturated carbocycles. The van der Waals surface area contributed by atoms with Gasteiger partial charge in [0.25, 0.3) is 0 Å². The zero-order valence-corrected chi connectivity index (χ0v) is 19.2. The number of piperidine rings is 1. The van der Waals surface area contributed by atoms with Crippen molar-refractivity contribution in [3.05, 3.63) is 71.8 Å². The second kappa shape index (κ2) is 11.6. The van der Waals surface area contributed by atoms with Crippen molar-refractivity contribution in [3.63, 3.8) is 0 Å². The van der Waals surface area contributed by atoms with Gasteiger partial charge in [-0.05, 0) is 80.5 Å². The van der Waals surface area contributed by atoms with Crippen molar-refractivity contribution < 1.29 is 9.90 Å². The van der Waals surface area contributed by atoms with Gasteiger partial charge in [0.05, 0.1) is 6.54 Å². The van der Waals surface area contributed by atoms with Crippen LogP contribution in [0, 0.1) is 11.8 Å². The first-order valence-corrected chi connectivity index (χ1v) is 12.4. The SMILES string of the molecule is O=C(O)CNC1CC(CN2CCC(CCCc3ccccc3)CC2)C(c2ccccc2)C1. The van der Waals surface area contributed by atoms with E-state index in [2.05, 4.69) is 70.9 Å². The maximum Gasteiger partial charge on any atom is 0.317 e. The van der Waals surface area contributed by atoms with E-state index in [1.807, 2.05) is 0 Å². The third kappa shape index (κ3) is 6.66. The molecule has 0 aromatic heterocycles. The molecule has 1 heterocycles. The van der Waals surface area contributed by atoms with Gasteiger partial charge in [-0.25, -0.2) is 0 Å². The molecular weight excluding hydrogens is 396 g/mol. The molecule has 2 fully saturated rings. The number of carboxylic acid groups (broad SMARTS) is 1. The Labute approximate surface area is 193 Å². The fraction of sp³-hybridized carbons (Fsp3) is 0.536. The number of hydrogen-bond acceptors (Lipinski definition) is 3. The molecule has 1 saturated heterocycles. The van der Waals surface area contributed by atoms with Crippen molar-refractivity contribution in [2.24, 2.45) is 11.8 Å². The lowest BCUT2D eigenvalue weighted by Gasteiger charge is -2.35. The lowest BCUT2D eigenvalue weighted by atomic mass is 9.87. The van der Waals surface area contributed by atoms with E-state index in [0.29, 0.717) is 17.9 Å². The minimum Gasteiger partial charge on any atom is -0.480 e. The largest absolute Gasteiger partial charge is 0.480 e. The Morgan fingerprint density at radius 3 is 2.34 bits per heavy atom. The van der Waals surface area contributed by atoms with Gasteiger partial charge in [-0.2, -0.15) is 0 Å². The molecule has 0 bridgehead atoms. The van der Waals surface area contributed by atoms with E-state index in [-0.39, 0.29) is 6.54 Å². The van der Waals surface area contributed by atoms with Crippen LogP contribution in [0.15, 0.2) is 60.7 Å². The van der Waals surface area contributed by atoms with Gasteiger partial charge in [0.1, 0.15) is 0 Å². The normalized spacial score (nSPS) is 24.6. The summed E-state index contributed by atoms with van der Waals surface area (Å²) in [5.74, 6) is 1.22. The molecule has 4 rings (SSSR count). The van der Waals surface area contributed by atoms with Crippen molar-refractivity contribution in [3.8, 4) is 0 Å². The van der Waals surface area contributed by atoms with E-state index in [1.165, 1.54) is 56.3 Å². The van der Waals surface area contributed by atoms with E-state index in [0.717, 1.165) is 25.3 Å². The smallest absolute Gasteiger partial charge is 0.317 e. The lowest BCUT2D eigenvalue weighted by Crippen LogP contribution is -2.38. The van der Waals surface area contributed by atoms with Crippen molar-refractivity contribution >= 4 is 5.97 Å². The van der Waals surface area contributed by atoms with E-state index in [9.17, 15) is 4.79 Å². The molecule has 172 valence electrons. The number of nitrogens with one attached hydrogen (secondary N) is 1. The van der Waals surface area contributed by atoms with Crippen molar-refractivity contribution in [1.82, 2.24) is 10.2 Å². The summed E-state index contributed by atoms with van der Waals surface area (Å²) in [7, 11) is 0. The topological polar surface area (TPSA) is 52.6 Å². The minimum absolute atomic E-state index is 0.0628. The molecule has 4 nitrogen and oxygen atoms in total. The molecule has 2 aliphatic rings. The number of benzene rings is 2. The Morgan fingerprint density at radius 1 is 0.969 bits per heavy atom. The summed E-state index contributed by atoms with van der Waals surface area (Å²) >= 11 is 0. The quantitative estimate of drug-likeness (QED) is 0.555. The molecule has 2 aromatic carbocycles. The Kier molecular flexibility index (Phi) is 8.36.